The highest BCUT2D eigenvalue weighted by molar-refractivity contribution is 7.89. The van der Waals surface area contributed by atoms with Crippen molar-refractivity contribution >= 4 is 21.4 Å². The molecule has 2 aromatic carbocycles. The lowest BCUT2D eigenvalue weighted by molar-refractivity contribution is -0.385. The van der Waals surface area contributed by atoms with E-state index in [1.165, 1.54) is 16.4 Å². The van der Waals surface area contributed by atoms with Gasteiger partial charge < -0.3 is 15.0 Å². The van der Waals surface area contributed by atoms with Crippen LogP contribution in [0.2, 0.25) is 0 Å². The van der Waals surface area contributed by atoms with Gasteiger partial charge in [-0.1, -0.05) is 30.3 Å². The quantitative estimate of drug-likeness (QED) is 0.502. The van der Waals surface area contributed by atoms with Gasteiger partial charge in [0.1, 0.15) is 4.90 Å². The largest absolute Gasteiger partial charge is 0.382 e. The third-order valence-electron chi connectivity index (χ3n) is 5.06. The van der Waals surface area contributed by atoms with Gasteiger partial charge in [-0.2, -0.15) is 4.31 Å². The molecule has 9 nitrogen and oxygen atoms in total. The molecule has 1 unspecified atom stereocenters. The van der Waals surface area contributed by atoms with Crippen LogP contribution in [0.15, 0.2) is 53.4 Å². The molecule has 2 aromatic rings. The molecule has 1 heterocycles. The number of rotatable bonds is 8. The molecule has 0 spiro atoms. The number of non-ortho nitro benzene ring substituents is 1. The number of hydrogen-bond acceptors (Lipinski definition) is 7. The van der Waals surface area contributed by atoms with Crippen LogP contribution in [0.25, 0.3) is 0 Å². The molecule has 1 atom stereocenters. The highest BCUT2D eigenvalue weighted by atomic mass is 32.2. The van der Waals surface area contributed by atoms with Crippen molar-refractivity contribution in [1.82, 2.24) is 9.21 Å². The van der Waals surface area contributed by atoms with Gasteiger partial charge in [-0.25, -0.2) is 8.42 Å². The van der Waals surface area contributed by atoms with E-state index >= 15 is 0 Å². The van der Waals surface area contributed by atoms with Crippen LogP contribution in [0, 0.1) is 10.1 Å². The summed E-state index contributed by atoms with van der Waals surface area (Å²) in [6.07, 6.45) is 0. The van der Waals surface area contributed by atoms with Gasteiger partial charge in [0.15, 0.2) is 0 Å². The molecule has 0 saturated carbocycles. The summed E-state index contributed by atoms with van der Waals surface area (Å²) in [6, 6.07) is 13.7. The minimum atomic E-state index is -3.91. The molecule has 1 N–H and O–H groups in total. The molecule has 0 aliphatic carbocycles. The van der Waals surface area contributed by atoms with E-state index in [2.05, 4.69) is 5.32 Å². The highest BCUT2D eigenvalue weighted by Crippen LogP contribution is 2.30. The van der Waals surface area contributed by atoms with E-state index in [-0.39, 0.29) is 29.7 Å². The Morgan fingerprint density at radius 1 is 1.17 bits per heavy atom. The summed E-state index contributed by atoms with van der Waals surface area (Å²) in [5, 5.41) is 14.5. The van der Waals surface area contributed by atoms with Crippen LogP contribution in [0.4, 0.5) is 11.4 Å². The number of nitro benzene ring substituents is 1. The fourth-order valence-electron chi connectivity index (χ4n) is 3.39. The predicted octanol–water partition coefficient (Wildman–Crippen LogP) is 2.33. The zero-order chi connectivity index (χ0) is 21.7. The number of anilines is 1. The molecule has 1 aliphatic heterocycles. The summed E-state index contributed by atoms with van der Waals surface area (Å²) in [4.78, 5) is 12.6. The molecular weight excluding hydrogens is 408 g/mol. The average molecular weight is 435 g/mol. The first kappa shape index (κ1) is 22.2. The molecule has 0 radical (unpaired) electrons. The summed E-state index contributed by atoms with van der Waals surface area (Å²) in [6.45, 7) is 1.46. The van der Waals surface area contributed by atoms with E-state index in [9.17, 15) is 18.5 Å². The maximum atomic E-state index is 13.2. The average Bonchev–Trinajstić information content (AvgIpc) is 2.75. The van der Waals surface area contributed by atoms with E-state index in [0.717, 1.165) is 11.6 Å². The molecular formula is C20H26N4O5S. The van der Waals surface area contributed by atoms with E-state index in [4.69, 9.17) is 4.74 Å². The van der Waals surface area contributed by atoms with E-state index in [0.29, 0.717) is 25.4 Å². The van der Waals surface area contributed by atoms with Gasteiger partial charge in [0.25, 0.3) is 5.69 Å². The number of ether oxygens (including phenoxy) is 1. The number of nitrogens with zero attached hydrogens (tertiary/aromatic N) is 3. The SMILES string of the molecule is CN(C)C(CNc1ccc([N+](=O)[O-])cc1S(=O)(=O)N1CCOCC1)c1ccccc1. The monoisotopic (exact) mass is 434 g/mol. The van der Waals surface area contributed by atoms with Crippen molar-refractivity contribution < 1.29 is 18.1 Å². The summed E-state index contributed by atoms with van der Waals surface area (Å²) >= 11 is 0. The van der Waals surface area contributed by atoms with Gasteiger partial charge in [-0.3, -0.25) is 10.1 Å². The molecule has 1 fully saturated rings. The number of morpholine rings is 1. The number of nitrogens with one attached hydrogen (secondary N) is 1. The first-order valence-electron chi connectivity index (χ1n) is 9.62. The standard InChI is InChI=1S/C20H26N4O5S/c1-22(2)19(16-6-4-3-5-7-16)15-21-18-9-8-17(24(25)26)14-20(18)30(27,28)23-10-12-29-13-11-23/h3-9,14,19,21H,10-13,15H2,1-2H3. The van der Waals surface area contributed by atoms with E-state index in [1.807, 2.05) is 49.3 Å². The maximum absolute atomic E-state index is 13.2. The lowest BCUT2D eigenvalue weighted by atomic mass is 10.1. The number of likely N-dealkylation sites (N-methyl/N-ethyl adjacent to an activating group) is 1. The molecule has 162 valence electrons. The Morgan fingerprint density at radius 3 is 2.43 bits per heavy atom. The molecule has 0 amide bonds. The van der Waals surface area contributed by atoms with Crippen molar-refractivity contribution in [2.75, 3.05) is 52.3 Å². The first-order valence-corrected chi connectivity index (χ1v) is 11.1. The van der Waals surface area contributed by atoms with Crippen LogP contribution >= 0.6 is 0 Å². The summed E-state index contributed by atoms with van der Waals surface area (Å²) in [5.74, 6) is 0. The number of hydrogen-bond donors (Lipinski definition) is 1. The van der Waals surface area contributed by atoms with Crippen molar-refractivity contribution in [1.29, 1.82) is 0 Å². The van der Waals surface area contributed by atoms with Gasteiger partial charge in [0.2, 0.25) is 10.0 Å². The lowest BCUT2D eigenvalue weighted by Gasteiger charge is -2.28. The number of benzene rings is 2. The molecule has 0 aromatic heterocycles. The van der Waals surface area contributed by atoms with Crippen LogP contribution in [0.5, 0.6) is 0 Å². The van der Waals surface area contributed by atoms with Crippen LogP contribution in [-0.2, 0) is 14.8 Å². The Bertz CT molecular complexity index is 976. The molecule has 1 saturated heterocycles. The third kappa shape index (κ3) is 4.96. The minimum Gasteiger partial charge on any atom is -0.382 e. The van der Waals surface area contributed by atoms with Gasteiger partial charge in [-0.15, -0.1) is 0 Å². The fourth-order valence-corrected chi connectivity index (χ4v) is 4.99. The van der Waals surface area contributed by atoms with Crippen molar-refractivity contribution in [3.05, 3.63) is 64.2 Å². The minimum absolute atomic E-state index is 0.0136. The van der Waals surface area contributed by atoms with Crippen molar-refractivity contribution in [2.24, 2.45) is 0 Å². The predicted molar refractivity (Wildman–Crippen MR) is 114 cm³/mol. The third-order valence-corrected chi connectivity index (χ3v) is 7.00. The van der Waals surface area contributed by atoms with E-state index in [1.54, 1.807) is 0 Å². The Morgan fingerprint density at radius 2 is 1.83 bits per heavy atom. The van der Waals surface area contributed by atoms with Gasteiger partial charge in [0, 0.05) is 31.8 Å². The van der Waals surface area contributed by atoms with Gasteiger partial charge in [0.05, 0.1) is 29.9 Å². The van der Waals surface area contributed by atoms with E-state index < -0.39 is 14.9 Å². The maximum Gasteiger partial charge on any atom is 0.270 e. The Hall–Kier alpha value is -2.53. The van der Waals surface area contributed by atoms with Crippen LogP contribution < -0.4 is 5.32 Å². The summed E-state index contributed by atoms with van der Waals surface area (Å²) < 4.78 is 33.0. The second-order valence-electron chi connectivity index (χ2n) is 7.23. The summed E-state index contributed by atoms with van der Waals surface area (Å²) in [5.41, 5.74) is 1.16. The van der Waals surface area contributed by atoms with Crippen molar-refractivity contribution in [3.8, 4) is 0 Å². The van der Waals surface area contributed by atoms with Crippen LogP contribution in [-0.4, -0.2) is 69.5 Å². The normalized spacial score (nSPS) is 16.4. The second kappa shape index (κ2) is 9.52. The van der Waals surface area contributed by atoms with Gasteiger partial charge in [-0.05, 0) is 25.7 Å². The molecule has 1 aliphatic rings. The second-order valence-corrected chi connectivity index (χ2v) is 9.13. The highest BCUT2D eigenvalue weighted by Gasteiger charge is 2.30. The number of nitro groups is 1. The summed E-state index contributed by atoms with van der Waals surface area (Å²) in [7, 11) is -0.0187. The van der Waals surface area contributed by atoms with Crippen LogP contribution in [0.3, 0.4) is 0 Å². The lowest BCUT2D eigenvalue weighted by Crippen LogP contribution is -2.41. The number of sulfonamides is 1. The zero-order valence-electron chi connectivity index (χ0n) is 17.0. The molecule has 30 heavy (non-hydrogen) atoms. The van der Waals surface area contributed by atoms with Crippen molar-refractivity contribution in [3.63, 3.8) is 0 Å². The van der Waals surface area contributed by atoms with Crippen LogP contribution in [0.1, 0.15) is 11.6 Å². The van der Waals surface area contributed by atoms with Gasteiger partial charge >= 0.3 is 0 Å². The topological polar surface area (TPSA) is 105 Å². The Labute approximate surface area is 176 Å². The smallest absolute Gasteiger partial charge is 0.270 e. The fraction of sp³-hybridized carbons (Fsp3) is 0.400. The first-order chi connectivity index (χ1) is 14.3. The van der Waals surface area contributed by atoms with Crippen molar-refractivity contribution in [2.45, 2.75) is 10.9 Å². The molecule has 0 bridgehead atoms. The zero-order valence-corrected chi connectivity index (χ0v) is 17.8. The Balaban J connectivity index is 1.93. The molecule has 10 heteroatoms. The molecule has 3 rings (SSSR count). The Kier molecular flexibility index (Phi) is 7.03.